The first-order valence-electron chi connectivity index (χ1n) is 10.1. The Bertz CT molecular complexity index is 1430. The number of ether oxygens (including phenoxy) is 1. The Morgan fingerprint density at radius 1 is 1.09 bits per heavy atom. The standard InChI is InChI=1S/C25H17F2N5O2/c26-19-10-11-21(27)22(12-19)34-15-17-8-6-16(7-9-17)14-29-32-25-30-23(18-4-2-1-3-5-18)20(13-28)24(33)31-25/h1-12,14H,15H2,(H2,30,31,32,33). The number of nitrogens with zero attached hydrogens (tertiary/aromatic N) is 3. The van der Waals surface area contributed by atoms with E-state index in [1.54, 1.807) is 48.5 Å². The van der Waals surface area contributed by atoms with Crippen molar-refractivity contribution >= 4 is 12.2 Å². The molecular formula is C25H17F2N5O2. The fraction of sp³-hybridized carbons (Fsp3) is 0.0400. The van der Waals surface area contributed by atoms with E-state index in [1.807, 2.05) is 12.1 Å². The Balaban J connectivity index is 1.43. The van der Waals surface area contributed by atoms with Crippen molar-refractivity contribution in [2.45, 2.75) is 6.61 Å². The smallest absolute Gasteiger partial charge is 0.270 e. The number of benzene rings is 3. The number of halogens is 2. The number of nitriles is 1. The molecule has 0 fully saturated rings. The second-order valence-electron chi connectivity index (χ2n) is 7.09. The second-order valence-corrected chi connectivity index (χ2v) is 7.09. The van der Waals surface area contributed by atoms with E-state index in [4.69, 9.17) is 4.74 Å². The van der Waals surface area contributed by atoms with Gasteiger partial charge in [-0.2, -0.15) is 10.4 Å². The first kappa shape index (κ1) is 22.4. The molecule has 0 unspecified atom stereocenters. The molecule has 3 aromatic carbocycles. The van der Waals surface area contributed by atoms with Crippen molar-refractivity contribution in [3.63, 3.8) is 0 Å². The van der Waals surface area contributed by atoms with E-state index in [0.717, 1.165) is 29.3 Å². The van der Waals surface area contributed by atoms with Crippen LogP contribution in [0.4, 0.5) is 14.7 Å². The lowest BCUT2D eigenvalue weighted by atomic mass is 10.1. The average Bonchev–Trinajstić information content (AvgIpc) is 2.85. The first-order valence-corrected chi connectivity index (χ1v) is 10.1. The molecule has 0 saturated carbocycles. The van der Waals surface area contributed by atoms with Crippen molar-refractivity contribution in [1.82, 2.24) is 9.97 Å². The number of aromatic nitrogens is 2. The number of aromatic amines is 1. The molecule has 1 aromatic heterocycles. The van der Waals surface area contributed by atoms with E-state index in [2.05, 4.69) is 20.5 Å². The summed E-state index contributed by atoms with van der Waals surface area (Å²) in [6.07, 6.45) is 1.51. The zero-order valence-electron chi connectivity index (χ0n) is 17.6. The minimum absolute atomic E-state index is 0.0642. The van der Waals surface area contributed by atoms with Crippen LogP contribution < -0.4 is 15.7 Å². The number of hydrogen-bond donors (Lipinski definition) is 2. The third-order valence-corrected chi connectivity index (χ3v) is 4.73. The van der Waals surface area contributed by atoms with Gasteiger partial charge in [0.25, 0.3) is 5.56 Å². The lowest BCUT2D eigenvalue weighted by Gasteiger charge is -2.08. The molecule has 0 atom stereocenters. The average molecular weight is 457 g/mol. The van der Waals surface area contributed by atoms with Crippen LogP contribution >= 0.6 is 0 Å². The summed E-state index contributed by atoms with van der Waals surface area (Å²) in [5, 5.41) is 13.4. The monoisotopic (exact) mass is 457 g/mol. The Morgan fingerprint density at radius 2 is 1.85 bits per heavy atom. The van der Waals surface area contributed by atoms with Crippen LogP contribution in [0.3, 0.4) is 0 Å². The van der Waals surface area contributed by atoms with Gasteiger partial charge in [0.2, 0.25) is 5.95 Å². The van der Waals surface area contributed by atoms with Crippen molar-refractivity contribution in [3.05, 3.63) is 111 Å². The molecule has 2 N–H and O–H groups in total. The molecule has 0 amide bonds. The van der Waals surface area contributed by atoms with Crippen molar-refractivity contribution in [3.8, 4) is 23.1 Å². The van der Waals surface area contributed by atoms with Crippen LogP contribution in [0.1, 0.15) is 16.7 Å². The van der Waals surface area contributed by atoms with Crippen molar-refractivity contribution < 1.29 is 13.5 Å². The first-order chi connectivity index (χ1) is 16.5. The summed E-state index contributed by atoms with van der Waals surface area (Å²) in [6.45, 7) is 0.0642. The van der Waals surface area contributed by atoms with Gasteiger partial charge >= 0.3 is 0 Å². The number of hydrazone groups is 1. The molecule has 0 bridgehead atoms. The highest BCUT2D eigenvalue weighted by Gasteiger charge is 2.12. The van der Waals surface area contributed by atoms with E-state index in [1.165, 1.54) is 6.21 Å². The van der Waals surface area contributed by atoms with Gasteiger partial charge in [-0.1, -0.05) is 54.6 Å². The molecule has 4 aromatic rings. The summed E-state index contributed by atoms with van der Waals surface area (Å²) in [5.41, 5.74) is 4.36. The molecule has 34 heavy (non-hydrogen) atoms. The molecule has 0 saturated heterocycles. The van der Waals surface area contributed by atoms with Crippen molar-refractivity contribution in [1.29, 1.82) is 5.26 Å². The van der Waals surface area contributed by atoms with Gasteiger partial charge in [-0.3, -0.25) is 9.78 Å². The summed E-state index contributed by atoms with van der Waals surface area (Å²) >= 11 is 0. The van der Waals surface area contributed by atoms with Gasteiger partial charge in [0.15, 0.2) is 11.6 Å². The summed E-state index contributed by atoms with van der Waals surface area (Å²) in [6, 6.07) is 20.8. The van der Waals surface area contributed by atoms with Crippen molar-refractivity contribution in [2.24, 2.45) is 5.10 Å². The summed E-state index contributed by atoms with van der Waals surface area (Å²) in [7, 11) is 0. The molecule has 9 heteroatoms. The molecule has 0 aliphatic rings. The maximum absolute atomic E-state index is 13.6. The summed E-state index contributed by atoms with van der Waals surface area (Å²) < 4.78 is 32.2. The highest BCUT2D eigenvalue weighted by atomic mass is 19.1. The van der Waals surface area contributed by atoms with E-state index >= 15 is 0 Å². The van der Waals surface area contributed by atoms with Crippen LogP contribution in [0.15, 0.2) is 82.7 Å². The van der Waals surface area contributed by atoms with E-state index in [-0.39, 0.29) is 29.6 Å². The molecule has 1 heterocycles. The van der Waals surface area contributed by atoms with Gasteiger partial charge in [-0.25, -0.2) is 19.2 Å². The predicted octanol–water partition coefficient (Wildman–Crippen LogP) is 4.61. The molecule has 4 rings (SSSR count). The zero-order chi connectivity index (χ0) is 23.9. The number of rotatable bonds is 7. The maximum Gasteiger partial charge on any atom is 0.270 e. The Kier molecular flexibility index (Phi) is 6.70. The van der Waals surface area contributed by atoms with Crippen LogP contribution in [0.5, 0.6) is 5.75 Å². The third-order valence-electron chi connectivity index (χ3n) is 4.73. The predicted molar refractivity (Wildman–Crippen MR) is 123 cm³/mol. The molecule has 168 valence electrons. The molecule has 0 radical (unpaired) electrons. The SMILES string of the molecule is N#Cc1c(-c2ccccc2)nc(NN=Cc2ccc(COc3cc(F)ccc3F)cc2)[nH]c1=O. The van der Waals surface area contributed by atoms with Gasteiger partial charge < -0.3 is 4.74 Å². The van der Waals surface area contributed by atoms with Gasteiger partial charge in [-0.05, 0) is 23.3 Å². The summed E-state index contributed by atoms with van der Waals surface area (Å²) in [4.78, 5) is 19.1. The summed E-state index contributed by atoms with van der Waals surface area (Å²) in [5.74, 6) is -1.29. The Hall–Kier alpha value is -4.84. The fourth-order valence-corrected chi connectivity index (χ4v) is 3.05. The van der Waals surface area contributed by atoms with E-state index < -0.39 is 17.2 Å². The molecule has 0 aliphatic heterocycles. The number of hydrogen-bond acceptors (Lipinski definition) is 6. The topological polar surface area (TPSA) is 103 Å². The lowest BCUT2D eigenvalue weighted by molar-refractivity contribution is 0.288. The van der Waals surface area contributed by atoms with Crippen molar-refractivity contribution in [2.75, 3.05) is 5.43 Å². The van der Waals surface area contributed by atoms with Gasteiger partial charge in [-0.15, -0.1) is 0 Å². The number of nitrogens with one attached hydrogen (secondary N) is 2. The minimum Gasteiger partial charge on any atom is -0.486 e. The molecule has 0 aliphatic carbocycles. The van der Waals surface area contributed by atoms with Crippen LogP contribution in [-0.4, -0.2) is 16.2 Å². The molecule has 7 nitrogen and oxygen atoms in total. The zero-order valence-corrected chi connectivity index (χ0v) is 17.6. The highest BCUT2D eigenvalue weighted by molar-refractivity contribution is 5.80. The van der Waals surface area contributed by atoms with Gasteiger partial charge in [0, 0.05) is 11.6 Å². The molecular weight excluding hydrogens is 440 g/mol. The van der Waals surface area contributed by atoms with Crippen LogP contribution in [0, 0.1) is 23.0 Å². The molecule has 0 spiro atoms. The largest absolute Gasteiger partial charge is 0.486 e. The second kappa shape index (κ2) is 10.2. The third kappa shape index (κ3) is 5.31. The van der Waals surface area contributed by atoms with Crippen LogP contribution in [-0.2, 0) is 6.61 Å². The van der Waals surface area contributed by atoms with Crippen LogP contribution in [0.2, 0.25) is 0 Å². The number of H-pyrrole nitrogens is 1. The van der Waals surface area contributed by atoms with Crippen LogP contribution in [0.25, 0.3) is 11.3 Å². The number of anilines is 1. The minimum atomic E-state index is -0.638. The Labute approximate surface area is 193 Å². The maximum atomic E-state index is 13.6. The normalized spacial score (nSPS) is 10.7. The van der Waals surface area contributed by atoms with Gasteiger partial charge in [0.05, 0.1) is 11.9 Å². The lowest BCUT2D eigenvalue weighted by Crippen LogP contribution is -2.16. The quantitative estimate of drug-likeness (QED) is 0.312. The fourth-order valence-electron chi connectivity index (χ4n) is 3.05. The van der Waals surface area contributed by atoms with E-state index in [0.29, 0.717) is 5.56 Å². The Morgan fingerprint density at radius 3 is 2.59 bits per heavy atom. The van der Waals surface area contributed by atoms with Gasteiger partial charge in [0.1, 0.15) is 24.1 Å². The highest BCUT2D eigenvalue weighted by Crippen LogP contribution is 2.20. The van der Waals surface area contributed by atoms with E-state index in [9.17, 15) is 18.8 Å².